The van der Waals surface area contributed by atoms with Crippen molar-refractivity contribution in [3.8, 4) is 22.3 Å². The molecule has 0 bridgehead atoms. The number of para-hydroxylation sites is 5. The average Bonchev–Trinajstić information content (AvgIpc) is 3.75. The van der Waals surface area contributed by atoms with E-state index < -0.39 is 0 Å². The van der Waals surface area contributed by atoms with Gasteiger partial charge < -0.3 is 13.7 Å². The lowest BCUT2D eigenvalue weighted by Gasteiger charge is -2.28. The van der Waals surface area contributed by atoms with Crippen LogP contribution in [0, 0.1) is 0 Å². The van der Waals surface area contributed by atoms with Crippen LogP contribution in [-0.4, -0.2) is 0 Å². The summed E-state index contributed by atoms with van der Waals surface area (Å²) >= 11 is 0. The molecule has 0 aliphatic rings. The zero-order chi connectivity index (χ0) is 32.3. The van der Waals surface area contributed by atoms with Crippen molar-refractivity contribution in [3.05, 3.63) is 176 Å². The molecule has 10 rings (SSSR count). The summed E-state index contributed by atoms with van der Waals surface area (Å²) in [4.78, 5) is 2.31. The van der Waals surface area contributed by atoms with Gasteiger partial charge in [0.25, 0.3) is 0 Å². The molecule has 0 amide bonds. The third kappa shape index (κ3) is 4.37. The maximum atomic E-state index is 6.67. The minimum Gasteiger partial charge on any atom is -0.454 e. The van der Waals surface area contributed by atoms with E-state index in [0.717, 1.165) is 72.1 Å². The molecule has 3 heteroatoms. The fourth-order valence-electron chi connectivity index (χ4n) is 7.45. The van der Waals surface area contributed by atoms with E-state index in [9.17, 15) is 0 Å². The van der Waals surface area contributed by atoms with E-state index in [1.807, 2.05) is 24.3 Å². The van der Waals surface area contributed by atoms with Gasteiger partial charge >= 0.3 is 0 Å². The van der Waals surface area contributed by atoms with Crippen LogP contribution in [0.1, 0.15) is 0 Å². The van der Waals surface area contributed by atoms with Crippen molar-refractivity contribution >= 4 is 71.7 Å². The second-order valence-electron chi connectivity index (χ2n) is 12.5. The van der Waals surface area contributed by atoms with Gasteiger partial charge in [-0.1, -0.05) is 140 Å². The molecule has 0 atom stereocenters. The largest absolute Gasteiger partial charge is 0.454 e. The minimum absolute atomic E-state index is 0.830. The van der Waals surface area contributed by atoms with E-state index in [1.54, 1.807) is 0 Å². The Balaban J connectivity index is 1.25. The van der Waals surface area contributed by atoms with Gasteiger partial charge in [-0.2, -0.15) is 0 Å². The molecule has 2 aromatic heterocycles. The summed E-state index contributed by atoms with van der Waals surface area (Å²) in [5.41, 5.74) is 10.9. The quantitative estimate of drug-likeness (QED) is 0.190. The third-order valence-electron chi connectivity index (χ3n) is 9.67. The Morgan fingerprint density at radius 1 is 0.327 bits per heavy atom. The first kappa shape index (κ1) is 27.5. The molecular weight excluding hydrogens is 599 g/mol. The number of nitrogens with zero attached hydrogens (tertiary/aromatic N) is 1. The summed E-state index contributed by atoms with van der Waals surface area (Å²) < 4.78 is 13.3. The van der Waals surface area contributed by atoms with E-state index in [4.69, 9.17) is 8.83 Å². The van der Waals surface area contributed by atoms with Crippen LogP contribution < -0.4 is 4.90 Å². The SMILES string of the molecule is c1cc(-c2ccccc2N(c2cccc3c2oc2ccccc23)c2cccc3c2oc2ccccc23)cc(-c2cccc3ccccc23)c1. The Morgan fingerprint density at radius 3 is 1.47 bits per heavy atom. The highest BCUT2D eigenvalue weighted by molar-refractivity contribution is 6.14. The molecule has 8 aromatic carbocycles. The van der Waals surface area contributed by atoms with Crippen molar-refractivity contribution in [3.63, 3.8) is 0 Å². The molecule has 0 N–H and O–H groups in total. The van der Waals surface area contributed by atoms with Crippen molar-refractivity contribution in [1.29, 1.82) is 0 Å². The van der Waals surface area contributed by atoms with Crippen molar-refractivity contribution in [2.45, 2.75) is 0 Å². The summed E-state index contributed by atoms with van der Waals surface area (Å²) in [6.07, 6.45) is 0. The molecule has 230 valence electrons. The van der Waals surface area contributed by atoms with Crippen molar-refractivity contribution in [2.24, 2.45) is 0 Å². The van der Waals surface area contributed by atoms with Gasteiger partial charge in [-0.3, -0.25) is 0 Å². The molecule has 0 unspecified atom stereocenters. The molecule has 0 aliphatic heterocycles. The predicted molar refractivity (Wildman–Crippen MR) is 204 cm³/mol. The smallest absolute Gasteiger partial charge is 0.159 e. The molecule has 49 heavy (non-hydrogen) atoms. The van der Waals surface area contributed by atoms with Crippen LogP contribution in [0.15, 0.2) is 185 Å². The first-order valence-corrected chi connectivity index (χ1v) is 16.6. The predicted octanol–water partition coefficient (Wildman–Crippen LogP) is 13.4. The van der Waals surface area contributed by atoms with Gasteiger partial charge in [0, 0.05) is 27.1 Å². The zero-order valence-corrected chi connectivity index (χ0v) is 26.5. The molecule has 0 saturated carbocycles. The van der Waals surface area contributed by atoms with Gasteiger partial charge in [0.15, 0.2) is 11.2 Å². The number of benzene rings is 8. The highest BCUT2D eigenvalue weighted by Crippen LogP contribution is 2.48. The number of hydrogen-bond acceptors (Lipinski definition) is 3. The lowest BCUT2D eigenvalue weighted by Crippen LogP contribution is -2.11. The Morgan fingerprint density at radius 2 is 0.776 bits per heavy atom. The molecule has 10 aromatic rings. The average molecular weight is 628 g/mol. The highest BCUT2D eigenvalue weighted by Gasteiger charge is 2.25. The molecule has 0 aliphatic carbocycles. The standard InChI is InChI=1S/C46H29NO2/c1-2-17-33-30(13-1)14-10-21-34(33)31-15-9-16-32(29-31)35-18-3-6-24-40(35)47(41-25-11-22-38-36-19-4-7-27-43(36)48-45(38)41)42-26-12-23-39-37-20-5-8-28-44(37)49-46(39)42/h1-29H. The van der Waals surface area contributed by atoms with Crippen LogP contribution in [0.2, 0.25) is 0 Å². The van der Waals surface area contributed by atoms with Gasteiger partial charge in [-0.05, 0) is 63.9 Å². The Labute approximate surface area is 282 Å². The number of fused-ring (bicyclic) bond motifs is 7. The Bertz CT molecular complexity index is 2740. The lowest BCUT2D eigenvalue weighted by molar-refractivity contribution is 0.666. The monoisotopic (exact) mass is 627 g/mol. The summed E-state index contributed by atoms with van der Waals surface area (Å²) in [5, 5.41) is 6.81. The molecule has 2 heterocycles. The van der Waals surface area contributed by atoms with Crippen LogP contribution in [0.5, 0.6) is 0 Å². The number of rotatable bonds is 5. The van der Waals surface area contributed by atoms with Gasteiger partial charge in [0.2, 0.25) is 0 Å². The van der Waals surface area contributed by atoms with E-state index in [2.05, 4.69) is 157 Å². The van der Waals surface area contributed by atoms with Gasteiger partial charge in [-0.15, -0.1) is 0 Å². The normalized spacial score (nSPS) is 11.7. The zero-order valence-electron chi connectivity index (χ0n) is 26.5. The molecular formula is C46H29NO2. The summed E-state index contributed by atoms with van der Waals surface area (Å²) in [5.74, 6) is 0. The fourth-order valence-corrected chi connectivity index (χ4v) is 7.45. The summed E-state index contributed by atoms with van der Waals surface area (Å²) in [6, 6.07) is 61.9. The van der Waals surface area contributed by atoms with E-state index in [-0.39, 0.29) is 0 Å². The van der Waals surface area contributed by atoms with Gasteiger partial charge in [0.1, 0.15) is 11.2 Å². The summed E-state index contributed by atoms with van der Waals surface area (Å²) in [7, 11) is 0. The molecule has 0 saturated heterocycles. The first-order chi connectivity index (χ1) is 24.3. The van der Waals surface area contributed by atoms with Crippen molar-refractivity contribution in [2.75, 3.05) is 4.90 Å². The Hall–Kier alpha value is -6.58. The Kier molecular flexibility index (Phi) is 6.18. The molecule has 0 spiro atoms. The van der Waals surface area contributed by atoms with Crippen LogP contribution in [0.4, 0.5) is 17.1 Å². The van der Waals surface area contributed by atoms with E-state index in [1.165, 1.54) is 21.9 Å². The van der Waals surface area contributed by atoms with Gasteiger partial charge in [0.05, 0.1) is 17.1 Å². The van der Waals surface area contributed by atoms with Crippen LogP contribution >= 0.6 is 0 Å². The van der Waals surface area contributed by atoms with Crippen molar-refractivity contribution in [1.82, 2.24) is 0 Å². The highest BCUT2D eigenvalue weighted by atomic mass is 16.3. The number of hydrogen-bond donors (Lipinski definition) is 0. The second-order valence-corrected chi connectivity index (χ2v) is 12.5. The third-order valence-corrected chi connectivity index (χ3v) is 9.67. The van der Waals surface area contributed by atoms with Crippen molar-refractivity contribution < 1.29 is 8.83 Å². The molecule has 3 nitrogen and oxygen atoms in total. The van der Waals surface area contributed by atoms with Crippen LogP contribution in [-0.2, 0) is 0 Å². The van der Waals surface area contributed by atoms with E-state index in [0.29, 0.717) is 0 Å². The van der Waals surface area contributed by atoms with Crippen LogP contribution in [0.25, 0.3) is 76.9 Å². The summed E-state index contributed by atoms with van der Waals surface area (Å²) in [6.45, 7) is 0. The minimum atomic E-state index is 0.830. The first-order valence-electron chi connectivity index (χ1n) is 16.6. The lowest BCUT2D eigenvalue weighted by atomic mass is 9.94. The maximum absolute atomic E-state index is 6.67. The number of furan rings is 2. The fraction of sp³-hybridized carbons (Fsp3) is 0. The van der Waals surface area contributed by atoms with E-state index >= 15 is 0 Å². The molecule has 0 fully saturated rings. The topological polar surface area (TPSA) is 29.5 Å². The maximum Gasteiger partial charge on any atom is 0.159 e. The molecule has 0 radical (unpaired) electrons. The number of anilines is 3. The second kappa shape index (κ2) is 11.0. The van der Waals surface area contributed by atoms with Gasteiger partial charge in [-0.25, -0.2) is 0 Å². The van der Waals surface area contributed by atoms with Crippen LogP contribution in [0.3, 0.4) is 0 Å².